The highest BCUT2D eigenvalue weighted by molar-refractivity contribution is 14.0. The first-order chi connectivity index (χ1) is 13.0. The first-order valence-electron chi connectivity index (χ1n) is 9.36. The molecular formula is C18H32IN5O4. The van der Waals surface area contributed by atoms with Crippen LogP contribution in [0, 0.1) is 0 Å². The summed E-state index contributed by atoms with van der Waals surface area (Å²) in [6.07, 6.45) is 1.46. The Bertz CT molecular complexity index is 589. The number of hydrogen-bond donors (Lipinski definition) is 4. The number of hydrogen-bond acceptors (Lipinski definition) is 6. The van der Waals surface area contributed by atoms with Gasteiger partial charge in [0.25, 0.3) is 5.91 Å². The fourth-order valence-corrected chi connectivity index (χ4v) is 2.73. The van der Waals surface area contributed by atoms with Gasteiger partial charge < -0.3 is 30.2 Å². The Balaban J connectivity index is 0.00000392. The summed E-state index contributed by atoms with van der Waals surface area (Å²) in [4.78, 5) is 18.5. The maximum absolute atomic E-state index is 11.8. The summed E-state index contributed by atoms with van der Waals surface area (Å²) in [5.41, 5.74) is -0.923. The van der Waals surface area contributed by atoms with Gasteiger partial charge in [-0.05, 0) is 26.0 Å². The van der Waals surface area contributed by atoms with Crippen LogP contribution in [-0.2, 0) is 4.74 Å². The quantitative estimate of drug-likeness (QED) is 0.164. The summed E-state index contributed by atoms with van der Waals surface area (Å²) in [5.74, 6) is 0.638. The molecular weight excluding hydrogens is 477 g/mol. The molecule has 0 spiro atoms. The van der Waals surface area contributed by atoms with Gasteiger partial charge in [0.15, 0.2) is 11.7 Å². The summed E-state index contributed by atoms with van der Waals surface area (Å²) >= 11 is 0. The average Bonchev–Trinajstić information content (AvgIpc) is 3.18. The number of morpholine rings is 1. The normalized spacial score (nSPS) is 17.3. The number of nitrogens with one attached hydrogen (secondary N) is 3. The SMILES string of the molecule is CCNC(=NCC(C)(O)CN1CCOCC1)NCCNC(=O)c1ccco1.I. The van der Waals surface area contributed by atoms with Crippen LogP contribution in [0.25, 0.3) is 0 Å². The van der Waals surface area contributed by atoms with Crippen LogP contribution in [0.1, 0.15) is 24.4 Å². The molecule has 1 fully saturated rings. The molecule has 1 aliphatic heterocycles. The van der Waals surface area contributed by atoms with E-state index in [0.29, 0.717) is 45.4 Å². The van der Waals surface area contributed by atoms with E-state index in [1.807, 2.05) is 6.92 Å². The van der Waals surface area contributed by atoms with Crippen molar-refractivity contribution in [2.24, 2.45) is 4.99 Å². The van der Waals surface area contributed by atoms with Crippen molar-refractivity contribution in [1.82, 2.24) is 20.9 Å². The lowest BCUT2D eigenvalue weighted by molar-refractivity contribution is -0.0180. The number of aliphatic hydroxyl groups is 1. The van der Waals surface area contributed by atoms with E-state index in [0.717, 1.165) is 13.1 Å². The van der Waals surface area contributed by atoms with E-state index in [9.17, 15) is 9.90 Å². The molecule has 1 unspecified atom stereocenters. The number of carbonyl (C=O) groups excluding carboxylic acids is 1. The van der Waals surface area contributed by atoms with Gasteiger partial charge in [-0.25, -0.2) is 0 Å². The number of aliphatic imine (C=N–C) groups is 1. The molecule has 2 heterocycles. The summed E-state index contributed by atoms with van der Waals surface area (Å²) < 4.78 is 10.4. The molecule has 1 saturated heterocycles. The second-order valence-electron chi connectivity index (χ2n) is 6.74. The van der Waals surface area contributed by atoms with E-state index in [2.05, 4.69) is 25.8 Å². The van der Waals surface area contributed by atoms with Gasteiger partial charge in [-0.15, -0.1) is 24.0 Å². The summed E-state index contributed by atoms with van der Waals surface area (Å²) in [6.45, 7) is 9.29. The van der Waals surface area contributed by atoms with Crippen molar-refractivity contribution in [3.8, 4) is 0 Å². The predicted octanol–water partition coefficient (Wildman–Crippen LogP) is 0.266. The van der Waals surface area contributed by atoms with Crippen LogP contribution in [0.3, 0.4) is 0 Å². The molecule has 2 rings (SSSR count). The van der Waals surface area contributed by atoms with Gasteiger partial charge in [-0.1, -0.05) is 0 Å². The molecule has 0 aromatic carbocycles. The van der Waals surface area contributed by atoms with Crippen molar-refractivity contribution in [2.45, 2.75) is 19.4 Å². The van der Waals surface area contributed by atoms with Crippen molar-refractivity contribution < 1.29 is 19.1 Å². The second kappa shape index (κ2) is 13.0. The number of guanidine groups is 1. The molecule has 1 aliphatic rings. The molecule has 0 saturated carbocycles. The zero-order chi connectivity index (χ0) is 19.5. The van der Waals surface area contributed by atoms with Crippen LogP contribution in [-0.4, -0.2) is 86.5 Å². The smallest absolute Gasteiger partial charge is 0.287 e. The number of ether oxygens (including phenoxy) is 1. The van der Waals surface area contributed by atoms with Gasteiger partial charge in [0, 0.05) is 39.3 Å². The Hall–Kier alpha value is -1.37. The van der Waals surface area contributed by atoms with Crippen LogP contribution in [0.4, 0.5) is 0 Å². The number of furan rings is 1. The minimum atomic E-state index is -0.923. The maximum Gasteiger partial charge on any atom is 0.287 e. The summed E-state index contributed by atoms with van der Waals surface area (Å²) in [7, 11) is 0. The molecule has 28 heavy (non-hydrogen) atoms. The van der Waals surface area contributed by atoms with Crippen LogP contribution in [0.15, 0.2) is 27.8 Å². The Labute approximate surface area is 183 Å². The van der Waals surface area contributed by atoms with E-state index < -0.39 is 5.60 Å². The molecule has 160 valence electrons. The second-order valence-corrected chi connectivity index (χ2v) is 6.74. The third kappa shape index (κ3) is 9.22. The van der Waals surface area contributed by atoms with E-state index in [4.69, 9.17) is 9.15 Å². The van der Waals surface area contributed by atoms with Gasteiger partial charge in [-0.2, -0.15) is 0 Å². The number of halogens is 1. The molecule has 1 amide bonds. The highest BCUT2D eigenvalue weighted by atomic mass is 127. The summed E-state index contributed by atoms with van der Waals surface area (Å²) in [6, 6.07) is 3.29. The van der Waals surface area contributed by atoms with Crippen LogP contribution >= 0.6 is 24.0 Å². The molecule has 9 nitrogen and oxygen atoms in total. The van der Waals surface area contributed by atoms with E-state index in [1.165, 1.54) is 6.26 Å². The largest absolute Gasteiger partial charge is 0.459 e. The lowest BCUT2D eigenvalue weighted by Gasteiger charge is -2.33. The standard InChI is InChI=1S/C18H31N5O4.HI/c1-3-19-17(21-7-6-20-16(24)15-5-4-10-27-15)22-13-18(2,25)14-23-8-11-26-12-9-23;/h4-5,10,25H,3,6-9,11-14H2,1-2H3,(H,20,24)(H2,19,21,22);1H. The maximum atomic E-state index is 11.8. The lowest BCUT2D eigenvalue weighted by atomic mass is 10.1. The van der Waals surface area contributed by atoms with Crippen molar-refractivity contribution >= 4 is 35.8 Å². The fraction of sp³-hybridized carbons (Fsp3) is 0.667. The number of β-amino-alcohol motifs (C(OH)–C–C–N with tert-alkyl or cyclic N) is 1. The number of amides is 1. The zero-order valence-corrected chi connectivity index (χ0v) is 18.9. The highest BCUT2D eigenvalue weighted by Crippen LogP contribution is 2.09. The monoisotopic (exact) mass is 509 g/mol. The Morgan fingerprint density at radius 2 is 2.00 bits per heavy atom. The van der Waals surface area contributed by atoms with Gasteiger partial charge in [0.05, 0.1) is 31.6 Å². The number of carbonyl (C=O) groups is 1. The van der Waals surface area contributed by atoms with Crippen LogP contribution in [0.2, 0.25) is 0 Å². The molecule has 10 heteroatoms. The lowest BCUT2D eigenvalue weighted by Crippen LogP contribution is -2.48. The Morgan fingerprint density at radius 1 is 1.29 bits per heavy atom. The van der Waals surface area contributed by atoms with Crippen LogP contribution < -0.4 is 16.0 Å². The van der Waals surface area contributed by atoms with E-state index in [-0.39, 0.29) is 42.2 Å². The highest BCUT2D eigenvalue weighted by Gasteiger charge is 2.25. The molecule has 4 N–H and O–H groups in total. The first-order valence-corrected chi connectivity index (χ1v) is 9.36. The molecule has 1 aromatic rings. The van der Waals surface area contributed by atoms with Gasteiger partial charge >= 0.3 is 0 Å². The molecule has 0 radical (unpaired) electrons. The predicted molar refractivity (Wildman–Crippen MR) is 118 cm³/mol. The van der Waals surface area contributed by atoms with E-state index >= 15 is 0 Å². The first kappa shape index (κ1) is 24.7. The molecule has 1 aromatic heterocycles. The molecule has 0 bridgehead atoms. The minimum Gasteiger partial charge on any atom is -0.459 e. The van der Waals surface area contributed by atoms with Crippen molar-refractivity contribution in [1.29, 1.82) is 0 Å². The summed E-state index contributed by atoms with van der Waals surface area (Å²) in [5, 5.41) is 19.7. The topological polar surface area (TPSA) is 111 Å². The fourth-order valence-electron chi connectivity index (χ4n) is 2.73. The zero-order valence-electron chi connectivity index (χ0n) is 16.6. The van der Waals surface area contributed by atoms with Crippen LogP contribution in [0.5, 0.6) is 0 Å². The van der Waals surface area contributed by atoms with Crippen molar-refractivity contribution in [3.05, 3.63) is 24.2 Å². The third-order valence-electron chi connectivity index (χ3n) is 4.04. The van der Waals surface area contributed by atoms with Gasteiger partial charge in [0.1, 0.15) is 0 Å². The number of nitrogens with zero attached hydrogens (tertiary/aromatic N) is 2. The van der Waals surface area contributed by atoms with Gasteiger partial charge in [-0.3, -0.25) is 14.7 Å². The van der Waals surface area contributed by atoms with Crippen molar-refractivity contribution in [3.63, 3.8) is 0 Å². The van der Waals surface area contributed by atoms with E-state index in [1.54, 1.807) is 19.1 Å². The third-order valence-corrected chi connectivity index (χ3v) is 4.04. The molecule has 0 aliphatic carbocycles. The Kier molecular flexibility index (Phi) is 11.4. The number of rotatable bonds is 9. The Morgan fingerprint density at radius 3 is 2.64 bits per heavy atom. The average molecular weight is 509 g/mol. The molecule has 1 atom stereocenters. The van der Waals surface area contributed by atoms with Crippen molar-refractivity contribution in [2.75, 3.05) is 59.0 Å². The van der Waals surface area contributed by atoms with Gasteiger partial charge in [0.2, 0.25) is 0 Å². The minimum absolute atomic E-state index is 0.